The molecule has 0 N–H and O–H groups in total. The second-order valence-electron chi connectivity index (χ2n) is 27.0. The normalized spacial score (nSPS) is 15.8. The van der Waals surface area contributed by atoms with Crippen molar-refractivity contribution in [3.63, 3.8) is 0 Å². The van der Waals surface area contributed by atoms with Crippen LogP contribution >= 0.6 is 11.6 Å². The topological polar surface area (TPSA) is 22.9 Å². The van der Waals surface area contributed by atoms with Gasteiger partial charge in [0.1, 0.15) is 11.3 Å². The van der Waals surface area contributed by atoms with Gasteiger partial charge in [-0.25, -0.2) is 0 Å². The largest absolute Gasteiger partial charge is 0.456 e. The van der Waals surface area contributed by atoms with Gasteiger partial charge >= 0.3 is 0 Å². The third-order valence-electron chi connectivity index (χ3n) is 18.2. The van der Waals surface area contributed by atoms with E-state index in [0.717, 1.165) is 116 Å². The van der Waals surface area contributed by atoms with Gasteiger partial charge in [-0.3, -0.25) is 0 Å². The highest BCUT2D eigenvalue weighted by Crippen LogP contribution is 2.55. The Hall–Kier alpha value is -7.79. The van der Waals surface area contributed by atoms with Gasteiger partial charge in [-0.2, -0.15) is 0 Å². The fourth-order valence-corrected chi connectivity index (χ4v) is 13.3. The lowest BCUT2D eigenvalue weighted by Gasteiger charge is -2.43. The van der Waals surface area contributed by atoms with Crippen LogP contribution in [0.5, 0.6) is 0 Å². The van der Waals surface area contributed by atoms with Crippen LogP contribution in [0.4, 0.5) is 51.2 Å². The molecule has 2 aliphatic rings. The highest BCUT2D eigenvalue weighted by Gasteiger charge is 2.40. The number of benzene rings is 9. The fourth-order valence-electron chi connectivity index (χ4n) is 13.1. The summed E-state index contributed by atoms with van der Waals surface area (Å²) in [6.45, 7) is 28.5. The lowest BCUT2D eigenvalue weighted by molar-refractivity contribution is 0.332. The Kier molecular flexibility index (Phi) is 13.7. The molecule has 0 fully saturated rings. The van der Waals surface area contributed by atoms with Crippen LogP contribution in [0.2, 0.25) is 5.02 Å². The van der Waals surface area contributed by atoms with E-state index in [4.69, 9.17) is 16.0 Å². The Morgan fingerprint density at radius 1 is 0.390 bits per heavy atom. The van der Waals surface area contributed by atoms with E-state index < -0.39 is 0 Å². The molecule has 0 bridgehead atoms. The average molecular weight is 1100 g/mol. The van der Waals surface area contributed by atoms with Gasteiger partial charge in [0.15, 0.2) is 0 Å². The van der Waals surface area contributed by atoms with Gasteiger partial charge in [0, 0.05) is 50.6 Å². The molecular formula is C77H78ClN3O. The molecule has 1 aromatic heterocycles. The molecule has 5 heteroatoms. The summed E-state index contributed by atoms with van der Waals surface area (Å²) in [5.41, 5.74) is 21.3. The number of nitrogens with zero attached hydrogens (tertiary/aromatic N) is 3. The molecule has 0 atom stereocenters. The molecule has 0 saturated heterocycles. The molecule has 0 aliphatic heterocycles. The maximum atomic E-state index is 8.45. The van der Waals surface area contributed by atoms with Crippen molar-refractivity contribution in [3.05, 3.63) is 245 Å². The number of hydrogen-bond donors (Lipinski definition) is 0. The molecule has 9 aromatic carbocycles. The molecule has 10 aromatic rings. The summed E-state index contributed by atoms with van der Waals surface area (Å²) in [7, 11) is 0. The van der Waals surface area contributed by atoms with Crippen LogP contribution in [0.1, 0.15) is 135 Å². The Morgan fingerprint density at radius 3 is 1.44 bits per heavy atom. The number of rotatable bonds is 11. The number of anilines is 9. The van der Waals surface area contributed by atoms with Gasteiger partial charge in [0.05, 0.1) is 22.1 Å². The Balaban J connectivity index is 1.09. The summed E-state index contributed by atoms with van der Waals surface area (Å²) in [4.78, 5) is 7.23. The van der Waals surface area contributed by atoms with Gasteiger partial charge in [-0.15, -0.1) is 0 Å². The molecule has 82 heavy (non-hydrogen) atoms. The van der Waals surface area contributed by atoms with E-state index in [1.165, 1.54) is 27.8 Å². The first-order chi connectivity index (χ1) is 39.1. The molecule has 1 heterocycles. The molecular weight excluding hydrogens is 1020 g/mol. The van der Waals surface area contributed by atoms with E-state index >= 15 is 0 Å². The smallest absolute Gasteiger partial charge is 0.135 e. The summed E-state index contributed by atoms with van der Waals surface area (Å²) in [6, 6.07) is 75.6. The zero-order chi connectivity index (χ0) is 57.5. The summed E-state index contributed by atoms with van der Waals surface area (Å²) < 4.78 is 6.35. The van der Waals surface area contributed by atoms with Crippen LogP contribution in [0.25, 0.3) is 33.4 Å². The van der Waals surface area contributed by atoms with E-state index in [0.29, 0.717) is 5.02 Å². The zero-order valence-corrected chi connectivity index (χ0v) is 50.8. The summed E-state index contributed by atoms with van der Waals surface area (Å²) in [5, 5.41) is 1.75. The van der Waals surface area contributed by atoms with Crippen LogP contribution in [-0.4, -0.2) is 0 Å². The van der Waals surface area contributed by atoms with Crippen molar-refractivity contribution in [3.8, 4) is 22.5 Å². The van der Waals surface area contributed by atoms with Crippen molar-refractivity contribution < 1.29 is 4.42 Å². The SMILES string of the molecule is Cc1cc(N(c2ccc3c(c2)C(C)(C)CCC3(C)C)c2ccc3c(c2)C(C)(C)CCC3(C)C)c(Cl)c(N(c2cccc(N(c3ccccc3)c3ccc(-c4cc5ccccc5o4)cc3)c2)c2ccc(C(C)(C)C)cc2-c2ccccc2)c1. The van der Waals surface area contributed by atoms with Crippen LogP contribution in [0, 0.1) is 6.92 Å². The van der Waals surface area contributed by atoms with Crippen LogP contribution in [-0.2, 0) is 27.1 Å². The van der Waals surface area contributed by atoms with Gasteiger partial charge in [0.2, 0.25) is 0 Å². The maximum absolute atomic E-state index is 8.45. The van der Waals surface area contributed by atoms with E-state index in [1.807, 2.05) is 12.1 Å². The Morgan fingerprint density at radius 2 is 0.866 bits per heavy atom. The first-order valence-electron chi connectivity index (χ1n) is 29.5. The molecule has 0 unspecified atom stereocenters. The number of para-hydroxylation sites is 2. The standard InChI is InChI=1S/C77H78ClN3O/c1-51-44-68(80(60-35-37-63-65(49-60)76(9,10)42-40-74(63,5)6)61-36-38-64-66(50-61)77(11,12)43-41-75(64,7)8)72(78)69(45-51)81(67-39-32-55(73(2,3)4)47-62(67)52-22-15-13-16-23-52)59-28-21-27-58(48-59)79(56-25-17-14-18-26-56)57-33-30-53(31-34-57)71-46-54-24-19-20-29-70(54)82-71/h13-39,44-50H,40-43H2,1-12H3. The Bertz CT molecular complexity index is 3890. The lowest BCUT2D eigenvalue weighted by Crippen LogP contribution is -2.34. The van der Waals surface area contributed by atoms with Crippen LogP contribution < -0.4 is 14.7 Å². The number of hydrogen-bond acceptors (Lipinski definition) is 4. The average Bonchev–Trinajstić information content (AvgIpc) is 2.44. The minimum atomic E-state index is -0.102. The Labute approximate surface area is 493 Å². The summed E-state index contributed by atoms with van der Waals surface area (Å²) >= 11 is 8.45. The highest BCUT2D eigenvalue weighted by atomic mass is 35.5. The lowest BCUT2D eigenvalue weighted by atomic mass is 9.63. The second kappa shape index (κ2) is 20.6. The van der Waals surface area contributed by atoms with Crippen LogP contribution in [0.3, 0.4) is 0 Å². The van der Waals surface area contributed by atoms with Crippen molar-refractivity contribution in [2.45, 2.75) is 136 Å². The first-order valence-corrected chi connectivity index (χ1v) is 29.9. The molecule has 0 spiro atoms. The summed E-state index contributed by atoms with van der Waals surface area (Å²) in [5.74, 6) is 0.843. The van der Waals surface area contributed by atoms with Gasteiger partial charge in [-0.05, 0) is 214 Å². The quantitative estimate of drug-likeness (QED) is 0.129. The molecule has 4 nitrogen and oxygen atoms in total. The number of halogens is 1. The summed E-state index contributed by atoms with van der Waals surface area (Å²) in [6.07, 6.45) is 4.54. The van der Waals surface area contributed by atoms with Crippen molar-refractivity contribution in [1.29, 1.82) is 0 Å². The molecule has 0 amide bonds. The molecule has 0 saturated carbocycles. The van der Waals surface area contributed by atoms with Gasteiger partial charge < -0.3 is 19.1 Å². The maximum Gasteiger partial charge on any atom is 0.135 e. The fraction of sp³-hybridized carbons (Fsp3) is 0.273. The third kappa shape index (κ3) is 10.1. The van der Waals surface area contributed by atoms with Crippen molar-refractivity contribution in [2.75, 3.05) is 14.7 Å². The third-order valence-corrected chi connectivity index (χ3v) is 18.6. The molecule has 2 aliphatic carbocycles. The first kappa shape index (κ1) is 54.8. The minimum Gasteiger partial charge on any atom is -0.456 e. The second-order valence-corrected chi connectivity index (χ2v) is 27.4. The van der Waals surface area contributed by atoms with E-state index in [-0.39, 0.29) is 27.1 Å². The van der Waals surface area contributed by atoms with Crippen molar-refractivity contribution >= 4 is 73.8 Å². The van der Waals surface area contributed by atoms with Crippen molar-refractivity contribution in [1.82, 2.24) is 0 Å². The minimum absolute atomic E-state index is 0.00491. The van der Waals surface area contributed by atoms with Crippen LogP contribution in [0.15, 0.2) is 211 Å². The van der Waals surface area contributed by atoms with Gasteiger partial charge in [-0.1, -0.05) is 179 Å². The predicted molar refractivity (Wildman–Crippen MR) is 350 cm³/mol. The molecule has 0 radical (unpaired) electrons. The highest BCUT2D eigenvalue weighted by molar-refractivity contribution is 6.37. The van der Waals surface area contributed by atoms with E-state index in [2.05, 4.69) is 292 Å². The molecule has 414 valence electrons. The van der Waals surface area contributed by atoms with E-state index in [9.17, 15) is 0 Å². The number of aryl methyl sites for hydroxylation is 1. The van der Waals surface area contributed by atoms with Gasteiger partial charge in [0.25, 0.3) is 0 Å². The number of fused-ring (bicyclic) bond motifs is 3. The zero-order valence-electron chi connectivity index (χ0n) is 50.1. The monoisotopic (exact) mass is 1100 g/mol. The molecule has 12 rings (SSSR count). The van der Waals surface area contributed by atoms with E-state index in [1.54, 1.807) is 0 Å². The number of furan rings is 1. The predicted octanol–water partition coefficient (Wildman–Crippen LogP) is 23.1. The van der Waals surface area contributed by atoms with Crippen molar-refractivity contribution in [2.24, 2.45) is 0 Å².